The summed E-state index contributed by atoms with van der Waals surface area (Å²) in [6.45, 7) is 0.630. The third kappa shape index (κ3) is 2.65. The highest BCUT2D eigenvalue weighted by molar-refractivity contribution is 6.34. The lowest BCUT2D eigenvalue weighted by atomic mass is 10.3. The monoisotopic (exact) mass is 285 g/mol. The zero-order chi connectivity index (χ0) is 13.9. The summed E-state index contributed by atoms with van der Waals surface area (Å²) in [5.41, 5.74) is 2.30. The van der Waals surface area contributed by atoms with Gasteiger partial charge in [0.25, 0.3) is 0 Å². The molecule has 2 aromatic heterocycles. The van der Waals surface area contributed by atoms with E-state index in [9.17, 15) is 0 Å². The van der Waals surface area contributed by atoms with Crippen LogP contribution in [0.25, 0.3) is 11.0 Å². The lowest BCUT2D eigenvalue weighted by Gasteiger charge is -1.92. The molecule has 0 N–H and O–H groups in total. The average molecular weight is 286 g/mol. The van der Waals surface area contributed by atoms with Gasteiger partial charge in [-0.25, -0.2) is 0 Å². The van der Waals surface area contributed by atoms with Gasteiger partial charge in [0.2, 0.25) is 0 Å². The van der Waals surface area contributed by atoms with Crippen LogP contribution in [0.1, 0.15) is 12.1 Å². The smallest absolute Gasteiger partial charge is 0.135 e. The summed E-state index contributed by atoms with van der Waals surface area (Å²) < 4.78 is 1.73. The first kappa shape index (κ1) is 12.7. The minimum atomic E-state index is 0.619. The number of aryl methyl sites for hydroxylation is 2. The van der Waals surface area contributed by atoms with Crippen LogP contribution < -0.4 is 0 Å². The van der Waals surface area contributed by atoms with E-state index in [0.29, 0.717) is 18.0 Å². The van der Waals surface area contributed by atoms with E-state index in [1.807, 2.05) is 37.5 Å². The third-order valence-electron chi connectivity index (χ3n) is 2.77. The quantitative estimate of drug-likeness (QED) is 0.679. The molecule has 0 saturated carbocycles. The molecule has 2 heterocycles. The van der Waals surface area contributed by atoms with Crippen LogP contribution in [0.4, 0.5) is 0 Å². The van der Waals surface area contributed by atoms with Gasteiger partial charge < -0.3 is 0 Å². The van der Waals surface area contributed by atoms with Gasteiger partial charge in [0.15, 0.2) is 0 Å². The Hall–Kier alpha value is -2.32. The number of halogens is 1. The van der Waals surface area contributed by atoms with Crippen LogP contribution in [0.2, 0.25) is 5.02 Å². The molecule has 3 aromatic rings. The van der Waals surface area contributed by atoms with E-state index >= 15 is 0 Å². The summed E-state index contributed by atoms with van der Waals surface area (Å²) in [6, 6.07) is 7.45. The summed E-state index contributed by atoms with van der Waals surface area (Å²) in [5.74, 6) is 6.07. The third-order valence-corrected chi connectivity index (χ3v) is 3.08. The number of benzene rings is 1. The van der Waals surface area contributed by atoms with Crippen molar-refractivity contribution in [3.05, 3.63) is 41.2 Å². The Labute approximate surface area is 121 Å². The SMILES string of the molecule is Cn1ccc(C#CCCn2nc3cccc(Cl)c3n2)n1. The largest absolute Gasteiger partial charge is 0.275 e. The standard InChI is InChI=1S/C14H12ClN5/c1-19-10-8-11(16-19)5-2-3-9-20-17-13-7-4-6-12(15)14(13)18-20/h4,6-8,10H,3,9H2,1H3. The first-order valence-corrected chi connectivity index (χ1v) is 6.58. The van der Waals surface area contributed by atoms with Gasteiger partial charge in [-0.1, -0.05) is 23.6 Å². The molecule has 0 unspecified atom stereocenters. The van der Waals surface area contributed by atoms with Gasteiger partial charge in [0.1, 0.15) is 16.7 Å². The zero-order valence-electron chi connectivity index (χ0n) is 10.9. The van der Waals surface area contributed by atoms with Gasteiger partial charge in [0.05, 0.1) is 11.6 Å². The summed E-state index contributed by atoms with van der Waals surface area (Å²) in [6.07, 6.45) is 2.53. The summed E-state index contributed by atoms with van der Waals surface area (Å²) in [5, 5.41) is 13.5. The first-order chi connectivity index (χ1) is 9.72. The van der Waals surface area contributed by atoms with Gasteiger partial charge in [-0.2, -0.15) is 20.1 Å². The van der Waals surface area contributed by atoms with Gasteiger partial charge in [-0.3, -0.25) is 4.68 Å². The molecule has 5 nitrogen and oxygen atoms in total. The highest BCUT2D eigenvalue weighted by Gasteiger charge is 2.04. The number of fused-ring (bicyclic) bond motifs is 1. The van der Waals surface area contributed by atoms with Crippen molar-refractivity contribution in [3.8, 4) is 11.8 Å². The van der Waals surface area contributed by atoms with Crippen molar-refractivity contribution >= 4 is 22.6 Å². The molecule has 0 saturated heterocycles. The molecule has 0 atom stereocenters. The van der Waals surface area contributed by atoms with E-state index in [-0.39, 0.29) is 0 Å². The molecule has 0 spiro atoms. The highest BCUT2D eigenvalue weighted by atomic mass is 35.5. The van der Waals surface area contributed by atoms with Crippen LogP contribution in [-0.4, -0.2) is 24.8 Å². The van der Waals surface area contributed by atoms with Crippen molar-refractivity contribution in [1.82, 2.24) is 24.8 Å². The molecule has 20 heavy (non-hydrogen) atoms. The van der Waals surface area contributed by atoms with Crippen molar-refractivity contribution in [1.29, 1.82) is 0 Å². The lowest BCUT2D eigenvalue weighted by molar-refractivity contribution is 0.555. The van der Waals surface area contributed by atoms with Crippen molar-refractivity contribution < 1.29 is 0 Å². The van der Waals surface area contributed by atoms with Crippen LogP contribution in [-0.2, 0) is 13.6 Å². The molecule has 0 aliphatic heterocycles. The van der Waals surface area contributed by atoms with E-state index in [2.05, 4.69) is 27.1 Å². The second-order valence-electron chi connectivity index (χ2n) is 4.33. The van der Waals surface area contributed by atoms with E-state index in [0.717, 1.165) is 16.7 Å². The predicted octanol–water partition coefficient (Wildman–Crippen LogP) is 2.26. The Bertz CT molecular complexity index is 806. The molecular weight excluding hydrogens is 274 g/mol. The van der Waals surface area contributed by atoms with Crippen molar-refractivity contribution in [2.45, 2.75) is 13.0 Å². The van der Waals surface area contributed by atoms with Crippen LogP contribution in [0.15, 0.2) is 30.5 Å². The van der Waals surface area contributed by atoms with Gasteiger partial charge >= 0.3 is 0 Å². The number of hydrogen-bond acceptors (Lipinski definition) is 3. The van der Waals surface area contributed by atoms with Crippen molar-refractivity contribution in [2.75, 3.05) is 0 Å². The van der Waals surface area contributed by atoms with Gasteiger partial charge in [0, 0.05) is 19.7 Å². The Morgan fingerprint density at radius 1 is 1.20 bits per heavy atom. The van der Waals surface area contributed by atoms with Crippen LogP contribution >= 0.6 is 11.6 Å². The highest BCUT2D eigenvalue weighted by Crippen LogP contribution is 2.19. The fourth-order valence-corrected chi connectivity index (χ4v) is 2.04. The maximum absolute atomic E-state index is 6.06. The summed E-state index contributed by atoms with van der Waals surface area (Å²) in [7, 11) is 1.87. The van der Waals surface area contributed by atoms with E-state index < -0.39 is 0 Å². The molecule has 0 amide bonds. The molecule has 0 fully saturated rings. The molecule has 6 heteroatoms. The van der Waals surface area contributed by atoms with E-state index in [1.54, 1.807) is 9.48 Å². The van der Waals surface area contributed by atoms with Gasteiger partial charge in [-0.05, 0) is 24.1 Å². The fourth-order valence-electron chi connectivity index (χ4n) is 1.84. The van der Waals surface area contributed by atoms with Gasteiger partial charge in [-0.15, -0.1) is 0 Å². The maximum atomic E-state index is 6.06. The second-order valence-corrected chi connectivity index (χ2v) is 4.74. The number of nitrogens with zero attached hydrogens (tertiary/aromatic N) is 5. The van der Waals surface area contributed by atoms with Crippen LogP contribution in [0.3, 0.4) is 0 Å². The minimum Gasteiger partial charge on any atom is -0.275 e. The normalized spacial score (nSPS) is 10.5. The number of rotatable bonds is 2. The number of hydrogen-bond donors (Lipinski definition) is 0. The average Bonchev–Trinajstić information content (AvgIpc) is 3.02. The Balaban J connectivity index is 1.68. The van der Waals surface area contributed by atoms with Crippen LogP contribution in [0.5, 0.6) is 0 Å². The molecular formula is C14H12ClN5. The molecule has 0 aliphatic rings. The fraction of sp³-hybridized carbons (Fsp3) is 0.214. The molecule has 1 aromatic carbocycles. The van der Waals surface area contributed by atoms with E-state index in [4.69, 9.17) is 11.6 Å². The second kappa shape index (κ2) is 5.35. The Morgan fingerprint density at radius 3 is 2.85 bits per heavy atom. The molecule has 100 valence electrons. The predicted molar refractivity (Wildman–Crippen MR) is 77.2 cm³/mol. The zero-order valence-corrected chi connectivity index (χ0v) is 11.7. The minimum absolute atomic E-state index is 0.619. The van der Waals surface area contributed by atoms with Crippen LogP contribution in [0, 0.1) is 11.8 Å². The maximum Gasteiger partial charge on any atom is 0.135 e. The van der Waals surface area contributed by atoms with Crippen molar-refractivity contribution in [3.63, 3.8) is 0 Å². The van der Waals surface area contributed by atoms with E-state index in [1.165, 1.54) is 0 Å². The number of aromatic nitrogens is 5. The Kier molecular flexibility index (Phi) is 3.40. The molecule has 0 aliphatic carbocycles. The molecule has 3 rings (SSSR count). The molecule has 0 radical (unpaired) electrons. The summed E-state index contributed by atoms with van der Waals surface area (Å²) >= 11 is 6.06. The topological polar surface area (TPSA) is 48.5 Å². The first-order valence-electron chi connectivity index (χ1n) is 6.20. The summed E-state index contributed by atoms with van der Waals surface area (Å²) in [4.78, 5) is 1.63. The molecule has 0 bridgehead atoms. The lowest BCUT2D eigenvalue weighted by Crippen LogP contribution is -2.01. The Morgan fingerprint density at radius 2 is 2.10 bits per heavy atom. The van der Waals surface area contributed by atoms with Crippen molar-refractivity contribution in [2.24, 2.45) is 7.05 Å².